The van der Waals surface area contributed by atoms with Crippen molar-refractivity contribution in [2.45, 2.75) is 30.7 Å². The predicted molar refractivity (Wildman–Crippen MR) is 51.4 cm³/mol. The van der Waals surface area contributed by atoms with Gasteiger partial charge in [-0.15, -0.1) is 0 Å². The third kappa shape index (κ3) is 1.91. The number of hydrogen-bond acceptors (Lipinski definition) is 1. The Morgan fingerprint density at radius 3 is 2.00 bits per heavy atom. The Hall–Kier alpha value is -1.10. The van der Waals surface area contributed by atoms with Crippen molar-refractivity contribution in [3.8, 4) is 0 Å². The van der Waals surface area contributed by atoms with E-state index in [1.807, 2.05) is 0 Å². The zero-order chi connectivity index (χ0) is 12.0. The molecule has 0 heterocycles. The molecule has 16 heavy (non-hydrogen) atoms. The summed E-state index contributed by atoms with van der Waals surface area (Å²) < 4.78 is 49.6. The Balaban J connectivity index is 2.20. The van der Waals surface area contributed by atoms with Gasteiger partial charge in [-0.2, -0.15) is 13.2 Å². The fraction of sp³-hybridized carbons (Fsp3) is 0.455. The number of rotatable bonds is 1. The highest BCUT2D eigenvalue weighted by Crippen LogP contribution is 2.41. The Morgan fingerprint density at radius 1 is 1.12 bits per heavy atom. The van der Waals surface area contributed by atoms with Crippen molar-refractivity contribution in [1.82, 2.24) is 0 Å². The highest BCUT2D eigenvalue weighted by Gasteiger charge is 2.43. The summed E-state index contributed by atoms with van der Waals surface area (Å²) in [7, 11) is 0. The average Bonchev–Trinajstić information content (AvgIpc) is 2.14. The maximum absolute atomic E-state index is 12.7. The normalized spacial score (nSPS) is 29.9. The third-order valence-electron chi connectivity index (χ3n) is 2.96. The number of nitrogens with two attached hydrogens (primary N) is 1. The topological polar surface area (TPSA) is 26.0 Å². The lowest BCUT2D eigenvalue weighted by Crippen LogP contribution is -2.50. The molecule has 0 atom stereocenters. The molecule has 0 aromatic heterocycles. The molecule has 88 valence electrons. The molecule has 0 spiro atoms. The summed E-state index contributed by atoms with van der Waals surface area (Å²) in [6, 6.07) is 4.62. The molecule has 1 aliphatic carbocycles. The van der Waals surface area contributed by atoms with Gasteiger partial charge in [0.2, 0.25) is 0 Å². The van der Waals surface area contributed by atoms with Gasteiger partial charge in [-0.25, -0.2) is 4.39 Å². The summed E-state index contributed by atoms with van der Waals surface area (Å²) in [6.45, 7) is 0. The lowest BCUT2D eigenvalue weighted by atomic mass is 9.71. The zero-order valence-electron chi connectivity index (χ0n) is 8.39. The van der Waals surface area contributed by atoms with Crippen LogP contribution in [0.3, 0.4) is 0 Å². The number of benzene rings is 1. The van der Waals surface area contributed by atoms with Crippen molar-refractivity contribution in [3.63, 3.8) is 0 Å². The van der Waals surface area contributed by atoms with Crippen LogP contribution < -0.4 is 5.73 Å². The molecule has 0 bridgehead atoms. The summed E-state index contributed by atoms with van der Waals surface area (Å²) in [5, 5.41) is 0. The van der Waals surface area contributed by atoms with Gasteiger partial charge in [0, 0.05) is 18.4 Å². The van der Waals surface area contributed by atoms with Crippen LogP contribution in [0.25, 0.3) is 0 Å². The smallest absolute Gasteiger partial charge is 0.321 e. The van der Waals surface area contributed by atoms with E-state index in [0.29, 0.717) is 5.56 Å². The number of halogens is 4. The van der Waals surface area contributed by atoms with Crippen LogP contribution in [0.1, 0.15) is 24.0 Å². The van der Waals surface area contributed by atoms with Crippen molar-refractivity contribution in [1.29, 1.82) is 0 Å². The molecule has 5 heteroatoms. The molecule has 0 aliphatic heterocycles. The van der Waals surface area contributed by atoms with E-state index in [0.717, 1.165) is 12.1 Å². The summed E-state index contributed by atoms with van der Waals surface area (Å²) in [6.07, 6.45) is -4.92. The quantitative estimate of drug-likeness (QED) is 0.741. The first-order valence-electron chi connectivity index (χ1n) is 4.92. The van der Waals surface area contributed by atoms with Gasteiger partial charge in [-0.3, -0.25) is 0 Å². The number of hydrogen-bond donors (Lipinski definition) is 1. The second-order valence-electron chi connectivity index (χ2n) is 4.24. The van der Waals surface area contributed by atoms with Gasteiger partial charge in [0.15, 0.2) is 0 Å². The van der Waals surface area contributed by atoms with Crippen LogP contribution >= 0.6 is 0 Å². The molecule has 2 rings (SSSR count). The maximum Gasteiger partial charge on any atom is 0.416 e. The number of alkyl halides is 4. The maximum atomic E-state index is 12.7. The van der Waals surface area contributed by atoms with Crippen molar-refractivity contribution >= 4 is 0 Å². The first kappa shape index (κ1) is 11.4. The molecule has 1 nitrogen and oxygen atoms in total. The van der Waals surface area contributed by atoms with Crippen LogP contribution in [-0.4, -0.2) is 6.17 Å². The minimum atomic E-state index is -4.34. The molecule has 0 unspecified atom stereocenters. The second kappa shape index (κ2) is 3.45. The minimum absolute atomic E-state index is 0.179. The highest BCUT2D eigenvalue weighted by molar-refractivity contribution is 5.32. The van der Waals surface area contributed by atoms with Crippen LogP contribution in [0, 0.1) is 0 Å². The van der Waals surface area contributed by atoms with E-state index in [2.05, 4.69) is 0 Å². The monoisotopic (exact) mass is 233 g/mol. The summed E-state index contributed by atoms with van der Waals surface area (Å²) in [5.74, 6) is 0. The van der Waals surface area contributed by atoms with E-state index in [9.17, 15) is 17.6 Å². The molecule has 2 N–H and O–H groups in total. The van der Waals surface area contributed by atoms with Crippen LogP contribution in [0.2, 0.25) is 0 Å². The average molecular weight is 233 g/mol. The standard InChI is InChI=1S/C11H11F4N/c12-9-5-10(16,6-9)7-1-3-8(4-2-7)11(13,14)15/h1-4,9H,5-6,16H2. The third-order valence-corrected chi connectivity index (χ3v) is 2.96. The molecule has 1 aromatic rings. The predicted octanol–water partition coefficient (Wildman–Crippen LogP) is 2.99. The van der Waals surface area contributed by atoms with Gasteiger partial charge in [0.1, 0.15) is 6.17 Å². The molecule has 1 aliphatic rings. The van der Waals surface area contributed by atoms with E-state index < -0.39 is 23.5 Å². The van der Waals surface area contributed by atoms with Gasteiger partial charge in [-0.05, 0) is 17.7 Å². The molecule has 1 aromatic carbocycles. The van der Waals surface area contributed by atoms with Gasteiger partial charge in [0.05, 0.1) is 5.56 Å². The van der Waals surface area contributed by atoms with Crippen molar-refractivity contribution in [2.24, 2.45) is 5.73 Å². The molecule has 0 amide bonds. The highest BCUT2D eigenvalue weighted by atomic mass is 19.4. The Kier molecular flexibility index (Phi) is 2.45. The van der Waals surface area contributed by atoms with E-state index in [-0.39, 0.29) is 12.8 Å². The van der Waals surface area contributed by atoms with Crippen LogP contribution in [0.4, 0.5) is 17.6 Å². The molecule has 1 fully saturated rings. The molecule has 0 saturated heterocycles. The van der Waals surface area contributed by atoms with E-state index in [1.165, 1.54) is 12.1 Å². The summed E-state index contributed by atoms with van der Waals surface area (Å²) >= 11 is 0. The first-order chi connectivity index (χ1) is 7.31. The van der Waals surface area contributed by atoms with Crippen LogP contribution in [-0.2, 0) is 11.7 Å². The molecular formula is C11H11F4N. The van der Waals surface area contributed by atoms with Crippen molar-refractivity contribution in [3.05, 3.63) is 35.4 Å². The van der Waals surface area contributed by atoms with Gasteiger partial charge >= 0.3 is 6.18 Å². The molecular weight excluding hydrogens is 222 g/mol. The Morgan fingerprint density at radius 2 is 1.62 bits per heavy atom. The van der Waals surface area contributed by atoms with Crippen LogP contribution in [0.15, 0.2) is 24.3 Å². The van der Waals surface area contributed by atoms with Gasteiger partial charge < -0.3 is 5.73 Å². The van der Waals surface area contributed by atoms with E-state index in [1.54, 1.807) is 0 Å². The summed E-state index contributed by atoms with van der Waals surface area (Å²) in [5.41, 5.74) is 4.92. The minimum Gasteiger partial charge on any atom is -0.321 e. The SMILES string of the molecule is NC1(c2ccc(C(F)(F)F)cc2)CC(F)C1. The second-order valence-corrected chi connectivity index (χ2v) is 4.24. The largest absolute Gasteiger partial charge is 0.416 e. The lowest BCUT2D eigenvalue weighted by molar-refractivity contribution is -0.137. The molecule has 1 saturated carbocycles. The van der Waals surface area contributed by atoms with E-state index in [4.69, 9.17) is 5.73 Å². The van der Waals surface area contributed by atoms with Crippen molar-refractivity contribution < 1.29 is 17.6 Å². The fourth-order valence-electron chi connectivity index (χ4n) is 1.96. The van der Waals surface area contributed by atoms with Gasteiger partial charge in [0.25, 0.3) is 0 Å². The lowest BCUT2D eigenvalue weighted by Gasteiger charge is -2.41. The Labute approximate surface area is 90.3 Å². The Bertz CT molecular complexity index is 376. The molecule has 0 radical (unpaired) electrons. The zero-order valence-corrected chi connectivity index (χ0v) is 8.39. The van der Waals surface area contributed by atoms with Crippen LogP contribution in [0.5, 0.6) is 0 Å². The van der Waals surface area contributed by atoms with E-state index >= 15 is 0 Å². The van der Waals surface area contributed by atoms with Crippen molar-refractivity contribution in [2.75, 3.05) is 0 Å². The van der Waals surface area contributed by atoms with Gasteiger partial charge in [-0.1, -0.05) is 12.1 Å². The summed E-state index contributed by atoms with van der Waals surface area (Å²) in [4.78, 5) is 0. The fourth-order valence-corrected chi connectivity index (χ4v) is 1.96. The first-order valence-corrected chi connectivity index (χ1v) is 4.92.